The predicted octanol–water partition coefficient (Wildman–Crippen LogP) is 0.829. The molecule has 1 heterocycles. The fourth-order valence-electron chi connectivity index (χ4n) is 2.02. The zero-order chi connectivity index (χ0) is 11.1. The molecule has 0 saturated carbocycles. The Balaban J connectivity index is 2.12. The van der Waals surface area contributed by atoms with Gasteiger partial charge in [0.15, 0.2) is 0 Å². The van der Waals surface area contributed by atoms with E-state index in [0.717, 1.165) is 24.6 Å². The maximum atomic E-state index is 11.3. The summed E-state index contributed by atoms with van der Waals surface area (Å²) in [5.74, 6) is 1.65. The van der Waals surface area contributed by atoms with Crippen LogP contribution in [0.3, 0.4) is 0 Å². The number of nitrogens with zero attached hydrogens (tertiary/aromatic N) is 1. The first-order valence-electron chi connectivity index (χ1n) is 6.07. The largest absolute Gasteiger partial charge is 0.314 e. The minimum Gasteiger partial charge on any atom is -0.314 e. The van der Waals surface area contributed by atoms with Gasteiger partial charge in [-0.3, -0.25) is 4.21 Å². The molecule has 90 valence electrons. The zero-order valence-electron chi connectivity index (χ0n) is 10.00. The summed E-state index contributed by atoms with van der Waals surface area (Å²) in [7, 11) is -0.598. The molecular formula is C11H24N2OS. The summed E-state index contributed by atoms with van der Waals surface area (Å²) in [4.78, 5) is 2.45. The van der Waals surface area contributed by atoms with Crippen LogP contribution in [0.25, 0.3) is 0 Å². The van der Waals surface area contributed by atoms with Crippen molar-refractivity contribution in [2.24, 2.45) is 0 Å². The lowest BCUT2D eigenvalue weighted by atomic mass is 10.1. The summed E-state index contributed by atoms with van der Waals surface area (Å²) in [5.41, 5.74) is 0. The van der Waals surface area contributed by atoms with Crippen LogP contribution in [0.2, 0.25) is 0 Å². The Kier molecular flexibility index (Phi) is 6.45. The number of piperidine rings is 1. The highest BCUT2D eigenvalue weighted by Gasteiger charge is 2.17. The first-order chi connectivity index (χ1) is 7.26. The lowest BCUT2D eigenvalue weighted by Crippen LogP contribution is -2.43. The molecule has 1 aliphatic heterocycles. The molecule has 4 heteroatoms. The minimum absolute atomic E-state index is 0.598. The van der Waals surface area contributed by atoms with E-state index < -0.39 is 10.8 Å². The molecule has 0 spiro atoms. The highest BCUT2D eigenvalue weighted by molar-refractivity contribution is 7.84. The van der Waals surface area contributed by atoms with Crippen molar-refractivity contribution in [3.05, 3.63) is 0 Å². The van der Waals surface area contributed by atoms with Gasteiger partial charge >= 0.3 is 0 Å². The van der Waals surface area contributed by atoms with E-state index in [1.165, 1.54) is 25.9 Å². The summed E-state index contributed by atoms with van der Waals surface area (Å²) < 4.78 is 11.3. The third kappa shape index (κ3) is 5.09. The molecule has 0 radical (unpaired) electrons. The van der Waals surface area contributed by atoms with Gasteiger partial charge in [0.1, 0.15) is 0 Å². The molecule has 1 aliphatic rings. The molecule has 0 aromatic rings. The summed E-state index contributed by atoms with van der Waals surface area (Å²) in [6.45, 7) is 8.57. The van der Waals surface area contributed by atoms with Crippen LogP contribution >= 0.6 is 0 Å². The van der Waals surface area contributed by atoms with Crippen molar-refractivity contribution < 1.29 is 4.21 Å². The van der Waals surface area contributed by atoms with Crippen LogP contribution in [0.15, 0.2) is 0 Å². The molecule has 1 saturated heterocycles. The number of hydrogen-bond acceptors (Lipinski definition) is 3. The van der Waals surface area contributed by atoms with Crippen LogP contribution in [-0.4, -0.2) is 52.8 Å². The quantitative estimate of drug-likeness (QED) is 0.736. The lowest BCUT2D eigenvalue weighted by molar-refractivity contribution is 0.209. The molecule has 0 aliphatic carbocycles. The van der Waals surface area contributed by atoms with Gasteiger partial charge in [0.2, 0.25) is 0 Å². The first-order valence-corrected chi connectivity index (χ1v) is 7.55. The normalized spacial score (nSPS) is 21.7. The van der Waals surface area contributed by atoms with Gasteiger partial charge in [0.25, 0.3) is 0 Å². The van der Waals surface area contributed by atoms with Crippen molar-refractivity contribution >= 4 is 10.8 Å². The monoisotopic (exact) mass is 232 g/mol. The fraction of sp³-hybridized carbons (Fsp3) is 1.00. The average molecular weight is 232 g/mol. The van der Waals surface area contributed by atoms with Crippen molar-refractivity contribution in [1.82, 2.24) is 10.2 Å². The molecule has 0 amide bonds. The highest BCUT2D eigenvalue weighted by atomic mass is 32.2. The zero-order valence-corrected chi connectivity index (χ0v) is 10.8. The molecule has 1 atom stereocenters. The van der Waals surface area contributed by atoms with Crippen LogP contribution < -0.4 is 5.32 Å². The number of hydrogen-bond donors (Lipinski definition) is 1. The second-order valence-electron chi connectivity index (χ2n) is 4.11. The molecule has 1 fully saturated rings. The Bertz CT molecular complexity index is 191. The molecule has 3 nitrogen and oxygen atoms in total. The van der Waals surface area contributed by atoms with Crippen molar-refractivity contribution in [2.45, 2.75) is 32.7 Å². The second-order valence-corrected chi connectivity index (χ2v) is 5.97. The Morgan fingerprint density at radius 2 is 2.00 bits per heavy atom. The number of rotatable bonds is 6. The van der Waals surface area contributed by atoms with Crippen molar-refractivity contribution in [3.63, 3.8) is 0 Å². The van der Waals surface area contributed by atoms with Gasteiger partial charge in [-0.25, -0.2) is 0 Å². The van der Waals surface area contributed by atoms with E-state index in [0.29, 0.717) is 6.04 Å². The predicted molar refractivity (Wildman–Crippen MR) is 66.7 cm³/mol. The molecule has 0 aromatic heterocycles. The molecule has 1 rings (SSSR count). The van der Waals surface area contributed by atoms with Gasteiger partial charge in [-0.15, -0.1) is 0 Å². The summed E-state index contributed by atoms with van der Waals surface area (Å²) in [6.07, 6.45) is 2.49. The fourth-order valence-corrected chi connectivity index (χ4v) is 2.78. The highest BCUT2D eigenvalue weighted by Crippen LogP contribution is 2.09. The third-order valence-corrected chi connectivity index (χ3v) is 4.32. The van der Waals surface area contributed by atoms with Crippen molar-refractivity contribution in [2.75, 3.05) is 37.7 Å². The Labute approximate surface area is 96.1 Å². The van der Waals surface area contributed by atoms with E-state index >= 15 is 0 Å². The van der Waals surface area contributed by atoms with Crippen LogP contribution in [0.4, 0.5) is 0 Å². The maximum absolute atomic E-state index is 11.3. The van der Waals surface area contributed by atoms with E-state index in [9.17, 15) is 4.21 Å². The van der Waals surface area contributed by atoms with E-state index in [1.807, 2.05) is 6.92 Å². The smallest absolute Gasteiger partial charge is 0.0362 e. The van der Waals surface area contributed by atoms with E-state index in [2.05, 4.69) is 17.1 Å². The number of nitrogens with one attached hydrogen (secondary N) is 1. The van der Waals surface area contributed by atoms with E-state index in [4.69, 9.17) is 0 Å². The van der Waals surface area contributed by atoms with Gasteiger partial charge in [-0.1, -0.05) is 13.8 Å². The van der Waals surface area contributed by atoms with E-state index in [-0.39, 0.29) is 0 Å². The second kappa shape index (κ2) is 7.36. The Morgan fingerprint density at radius 1 is 1.33 bits per heavy atom. The van der Waals surface area contributed by atoms with Gasteiger partial charge < -0.3 is 10.2 Å². The van der Waals surface area contributed by atoms with Crippen LogP contribution in [0.1, 0.15) is 26.7 Å². The van der Waals surface area contributed by atoms with Crippen LogP contribution in [0.5, 0.6) is 0 Å². The van der Waals surface area contributed by atoms with Crippen LogP contribution in [0, 0.1) is 0 Å². The number of likely N-dealkylation sites (tertiary alicyclic amines) is 1. The Hall–Kier alpha value is 0.0700. The minimum atomic E-state index is -0.598. The van der Waals surface area contributed by atoms with Gasteiger partial charge in [0.05, 0.1) is 0 Å². The average Bonchev–Trinajstić information content (AvgIpc) is 2.28. The molecule has 0 aromatic carbocycles. The SMILES string of the molecule is CCNC1CCN(CCS(=O)CC)CC1. The van der Waals surface area contributed by atoms with Gasteiger partial charge in [-0.2, -0.15) is 0 Å². The maximum Gasteiger partial charge on any atom is 0.0362 e. The van der Waals surface area contributed by atoms with Crippen LogP contribution in [-0.2, 0) is 10.8 Å². The van der Waals surface area contributed by atoms with Crippen molar-refractivity contribution in [3.8, 4) is 0 Å². The summed E-state index contributed by atoms with van der Waals surface area (Å²) >= 11 is 0. The van der Waals surface area contributed by atoms with E-state index in [1.54, 1.807) is 0 Å². The standard InChI is InChI=1S/C11H24N2OS/c1-3-12-11-5-7-13(8-6-11)9-10-15(14)4-2/h11-12H,3-10H2,1-2H3. The summed E-state index contributed by atoms with van der Waals surface area (Å²) in [5, 5.41) is 3.49. The molecule has 1 N–H and O–H groups in total. The third-order valence-electron chi connectivity index (χ3n) is 3.04. The molecular weight excluding hydrogens is 208 g/mol. The van der Waals surface area contributed by atoms with Gasteiger partial charge in [-0.05, 0) is 32.5 Å². The molecule has 1 unspecified atom stereocenters. The Morgan fingerprint density at radius 3 is 2.53 bits per heavy atom. The molecule has 0 bridgehead atoms. The molecule has 15 heavy (non-hydrogen) atoms. The topological polar surface area (TPSA) is 32.3 Å². The van der Waals surface area contributed by atoms with Crippen molar-refractivity contribution in [1.29, 1.82) is 0 Å². The lowest BCUT2D eigenvalue weighted by Gasteiger charge is -2.32. The summed E-state index contributed by atoms with van der Waals surface area (Å²) in [6, 6.07) is 0.711. The first kappa shape index (κ1) is 13.1. The van der Waals surface area contributed by atoms with Gasteiger partial charge in [0, 0.05) is 34.9 Å².